The molecule has 0 bridgehead atoms. The Morgan fingerprint density at radius 1 is 1.23 bits per heavy atom. The Balaban J connectivity index is 1.96. The summed E-state index contributed by atoms with van der Waals surface area (Å²) in [6, 6.07) is 7.95. The fraction of sp³-hybridized carbons (Fsp3) is 0.125. The summed E-state index contributed by atoms with van der Waals surface area (Å²) >= 11 is 11.9. The summed E-state index contributed by atoms with van der Waals surface area (Å²) in [5.74, 6) is -0.478. The SMILES string of the molecule is O/N=C(\Cc1ccc(F)c(Cl)c1)c1ccc(Cl)c2c1CC=N2. The highest BCUT2D eigenvalue weighted by Gasteiger charge is 2.19. The third-order valence-electron chi connectivity index (χ3n) is 3.54. The maximum absolute atomic E-state index is 13.2. The summed E-state index contributed by atoms with van der Waals surface area (Å²) in [6.45, 7) is 0. The molecular weight excluding hydrogens is 326 g/mol. The molecule has 0 atom stereocenters. The van der Waals surface area contributed by atoms with Crippen LogP contribution in [0.5, 0.6) is 0 Å². The lowest BCUT2D eigenvalue weighted by Crippen LogP contribution is -2.09. The van der Waals surface area contributed by atoms with Gasteiger partial charge in [-0.25, -0.2) is 4.39 Å². The predicted octanol–water partition coefficient (Wildman–Crippen LogP) is 4.81. The van der Waals surface area contributed by atoms with E-state index >= 15 is 0 Å². The molecule has 0 unspecified atom stereocenters. The first-order valence-electron chi connectivity index (χ1n) is 6.59. The van der Waals surface area contributed by atoms with Gasteiger partial charge < -0.3 is 5.21 Å². The highest BCUT2D eigenvalue weighted by Crippen LogP contribution is 2.35. The number of hydrogen-bond donors (Lipinski definition) is 1. The molecule has 0 spiro atoms. The summed E-state index contributed by atoms with van der Waals surface area (Å²) < 4.78 is 13.2. The lowest BCUT2D eigenvalue weighted by Gasteiger charge is -2.11. The number of aliphatic imine (C=N–C) groups is 1. The molecule has 0 aromatic heterocycles. The van der Waals surface area contributed by atoms with Crippen molar-refractivity contribution < 1.29 is 9.60 Å². The number of oxime groups is 1. The van der Waals surface area contributed by atoms with E-state index in [-0.39, 0.29) is 5.02 Å². The number of rotatable bonds is 3. The average molecular weight is 337 g/mol. The van der Waals surface area contributed by atoms with E-state index in [9.17, 15) is 9.60 Å². The van der Waals surface area contributed by atoms with Crippen LogP contribution >= 0.6 is 23.2 Å². The van der Waals surface area contributed by atoms with Gasteiger partial charge in [-0.05, 0) is 29.3 Å². The summed E-state index contributed by atoms with van der Waals surface area (Å²) in [5, 5.41) is 13.4. The van der Waals surface area contributed by atoms with Crippen LogP contribution in [0.4, 0.5) is 10.1 Å². The predicted molar refractivity (Wildman–Crippen MR) is 86.7 cm³/mol. The molecule has 2 aromatic carbocycles. The van der Waals surface area contributed by atoms with Crippen LogP contribution in [0, 0.1) is 5.82 Å². The Bertz CT molecular complexity index is 803. The van der Waals surface area contributed by atoms with E-state index in [1.807, 2.05) is 0 Å². The lowest BCUT2D eigenvalue weighted by molar-refractivity contribution is 0.318. The molecule has 0 aliphatic carbocycles. The van der Waals surface area contributed by atoms with Gasteiger partial charge in [-0.15, -0.1) is 0 Å². The second kappa shape index (κ2) is 6.07. The number of halogens is 3. The first-order valence-corrected chi connectivity index (χ1v) is 7.35. The Morgan fingerprint density at radius 3 is 2.77 bits per heavy atom. The van der Waals surface area contributed by atoms with Crippen molar-refractivity contribution in [1.82, 2.24) is 0 Å². The van der Waals surface area contributed by atoms with Crippen LogP contribution in [0.25, 0.3) is 0 Å². The van der Waals surface area contributed by atoms with Gasteiger partial charge in [0.2, 0.25) is 0 Å². The maximum atomic E-state index is 13.2. The van der Waals surface area contributed by atoms with Crippen LogP contribution in [0.3, 0.4) is 0 Å². The van der Waals surface area contributed by atoms with Crippen LogP contribution < -0.4 is 0 Å². The molecule has 1 N–H and O–H groups in total. The maximum Gasteiger partial charge on any atom is 0.141 e. The van der Waals surface area contributed by atoms with Gasteiger partial charge >= 0.3 is 0 Å². The summed E-state index contributed by atoms with van der Waals surface area (Å²) in [4.78, 5) is 4.24. The topological polar surface area (TPSA) is 45.0 Å². The molecule has 112 valence electrons. The molecule has 1 heterocycles. The van der Waals surface area contributed by atoms with Gasteiger partial charge in [0, 0.05) is 24.6 Å². The zero-order chi connectivity index (χ0) is 15.7. The molecular formula is C16H11Cl2FN2O. The minimum atomic E-state index is -0.478. The number of benzene rings is 2. The zero-order valence-corrected chi connectivity index (χ0v) is 12.9. The minimum Gasteiger partial charge on any atom is -0.411 e. The number of fused-ring (bicyclic) bond motifs is 1. The second-order valence-electron chi connectivity index (χ2n) is 4.91. The van der Waals surface area contributed by atoms with Gasteiger partial charge in [0.1, 0.15) is 5.82 Å². The molecule has 0 fully saturated rings. The van der Waals surface area contributed by atoms with Crippen LogP contribution in [-0.4, -0.2) is 17.1 Å². The van der Waals surface area contributed by atoms with Crippen LogP contribution in [0.15, 0.2) is 40.5 Å². The molecule has 2 aromatic rings. The zero-order valence-electron chi connectivity index (χ0n) is 11.4. The van der Waals surface area contributed by atoms with Crippen molar-refractivity contribution in [2.45, 2.75) is 12.8 Å². The van der Waals surface area contributed by atoms with Crippen molar-refractivity contribution in [2.75, 3.05) is 0 Å². The largest absolute Gasteiger partial charge is 0.411 e. The lowest BCUT2D eigenvalue weighted by atomic mass is 9.96. The number of hydrogen-bond acceptors (Lipinski definition) is 3. The summed E-state index contributed by atoms with van der Waals surface area (Å²) in [7, 11) is 0. The van der Waals surface area contributed by atoms with Crippen molar-refractivity contribution in [3.63, 3.8) is 0 Å². The Kier molecular flexibility index (Phi) is 4.14. The van der Waals surface area contributed by atoms with Crippen LogP contribution in [0.1, 0.15) is 16.7 Å². The Hall–Kier alpha value is -1.91. The van der Waals surface area contributed by atoms with E-state index in [1.165, 1.54) is 12.1 Å². The molecule has 3 rings (SSSR count). The van der Waals surface area contributed by atoms with E-state index in [1.54, 1.807) is 24.4 Å². The third-order valence-corrected chi connectivity index (χ3v) is 4.13. The molecule has 0 saturated carbocycles. The van der Waals surface area contributed by atoms with Crippen molar-refractivity contribution in [1.29, 1.82) is 0 Å². The highest BCUT2D eigenvalue weighted by molar-refractivity contribution is 6.33. The van der Waals surface area contributed by atoms with E-state index in [0.29, 0.717) is 29.3 Å². The van der Waals surface area contributed by atoms with Crippen molar-refractivity contribution in [3.05, 3.63) is 62.9 Å². The highest BCUT2D eigenvalue weighted by atomic mass is 35.5. The molecule has 0 radical (unpaired) electrons. The third kappa shape index (κ3) is 2.72. The van der Waals surface area contributed by atoms with E-state index in [0.717, 1.165) is 16.7 Å². The monoisotopic (exact) mass is 336 g/mol. The first kappa shape index (κ1) is 15.0. The number of nitrogens with zero attached hydrogens (tertiary/aromatic N) is 2. The molecule has 1 aliphatic heterocycles. The van der Waals surface area contributed by atoms with Gasteiger partial charge in [-0.2, -0.15) is 0 Å². The van der Waals surface area contributed by atoms with Crippen molar-refractivity contribution >= 4 is 40.8 Å². The second-order valence-corrected chi connectivity index (χ2v) is 5.72. The standard InChI is InChI=1S/C16H11Cl2FN2O/c17-12-3-2-10(11-5-6-20-16(11)12)15(21-22)8-9-1-4-14(19)13(18)7-9/h1-4,6-7,22H,5,8H2/b21-15+. The van der Waals surface area contributed by atoms with E-state index in [2.05, 4.69) is 10.1 Å². The molecule has 1 aliphatic rings. The van der Waals surface area contributed by atoms with E-state index in [4.69, 9.17) is 23.2 Å². The van der Waals surface area contributed by atoms with Crippen molar-refractivity contribution in [3.8, 4) is 0 Å². The smallest absolute Gasteiger partial charge is 0.141 e. The first-order chi connectivity index (χ1) is 10.6. The molecule has 0 amide bonds. The van der Waals surface area contributed by atoms with E-state index < -0.39 is 5.82 Å². The van der Waals surface area contributed by atoms with Gasteiger partial charge in [-0.3, -0.25) is 4.99 Å². The summed E-state index contributed by atoms with van der Waals surface area (Å²) in [6.07, 6.45) is 2.72. The van der Waals surface area contributed by atoms with Gasteiger partial charge in [-0.1, -0.05) is 40.5 Å². The summed E-state index contributed by atoms with van der Waals surface area (Å²) in [5.41, 5.74) is 3.62. The van der Waals surface area contributed by atoms with Gasteiger partial charge in [0.25, 0.3) is 0 Å². The van der Waals surface area contributed by atoms with Gasteiger partial charge in [0.15, 0.2) is 0 Å². The normalized spacial score (nSPS) is 13.5. The molecule has 0 saturated heterocycles. The molecule has 3 nitrogen and oxygen atoms in total. The van der Waals surface area contributed by atoms with Crippen LogP contribution in [-0.2, 0) is 12.8 Å². The average Bonchev–Trinajstić information content (AvgIpc) is 3.00. The molecule has 6 heteroatoms. The quantitative estimate of drug-likeness (QED) is 0.487. The van der Waals surface area contributed by atoms with Crippen LogP contribution in [0.2, 0.25) is 10.0 Å². The fourth-order valence-corrected chi connectivity index (χ4v) is 2.91. The molecule has 22 heavy (non-hydrogen) atoms. The van der Waals surface area contributed by atoms with Crippen molar-refractivity contribution in [2.24, 2.45) is 10.1 Å². The fourth-order valence-electron chi connectivity index (χ4n) is 2.48. The Labute approximate surface area is 136 Å². The minimum absolute atomic E-state index is 0.0412. The Morgan fingerprint density at radius 2 is 2.05 bits per heavy atom. The van der Waals surface area contributed by atoms with Gasteiger partial charge in [0.05, 0.1) is 21.4 Å².